The van der Waals surface area contributed by atoms with Crippen molar-refractivity contribution < 1.29 is 14.3 Å². The molecule has 6 nitrogen and oxygen atoms in total. The molecule has 0 bridgehead atoms. The van der Waals surface area contributed by atoms with E-state index in [4.69, 9.17) is 4.74 Å². The Hall–Kier alpha value is -2.08. The molecule has 116 valence electrons. The van der Waals surface area contributed by atoms with Gasteiger partial charge in [-0.2, -0.15) is 0 Å². The van der Waals surface area contributed by atoms with Crippen LogP contribution < -0.4 is 20.7 Å². The Morgan fingerprint density at radius 2 is 1.71 bits per heavy atom. The van der Waals surface area contributed by atoms with E-state index in [0.29, 0.717) is 30.8 Å². The maximum absolute atomic E-state index is 11.8. The second-order valence-electron chi connectivity index (χ2n) is 4.54. The van der Waals surface area contributed by atoms with Gasteiger partial charge in [-0.25, -0.2) is 0 Å². The Kier molecular flexibility index (Phi) is 7.89. The number of methoxy groups -OCH3 is 1. The van der Waals surface area contributed by atoms with Crippen molar-refractivity contribution in [3.05, 3.63) is 29.8 Å². The summed E-state index contributed by atoms with van der Waals surface area (Å²) >= 11 is 0. The summed E-state index contributed by atoms with van der Waals surface area (Å²) in [6.07, 6.45) is 1.30. The highest BCUT2D eigenvalue weighted by atomic mass is 16.5. The lowest BCUT2D eigenvalue weighted by Crippen LogP contribution is -2.34. The van der Waals surface area contributed by atoms with Crippen LogP contribution in [-0.2, 0) is 4.79 Å². The minimum absolute atomic E-state index is 0.00365. The van der Waals surface area contributed by atoms with Crippen molar-refractivity contribution in [1.82, 2.24) is 16.0 Å². The molecule has 21 heavy (non-hydrogen) atoms. The lowest BCUT2D eigenvalue weighted by atomic mass is 10.2. The van der Waals surface area contributed by atoms with Crippen molar-refractivity contribution in [2.24, 2.45) is 0 Å². The Bertz CT molecular complexity index is 446. The smallest absolute Gasteiger partial charge is 0.251 e. The fourth-order valence-corrected chi connectivity index (χ4v) is 1.74. The quantitative estimate of drug-likeness (QED) is 0.581. The SMILES string of the molecule is CNCCCC(=O)NCCNC(=O)c1ccc(OC)cc1. The average Bonchev–Trinajstić information content (AvgIpc) is 2.51. The predicted octanol–water partition coefficient (Wildman–Crippen LogP) is 0.541. The van der Waals surface area contributed by atoms with Crippen LogP contribution in [0.5, 0.6) is 5.75 Å². The van der Waals surface area contributed by atoms with Crippen molar-refractivity contribution >= 4 is 11.8 Å². The fraction of sp³-hybridized carbons (Fsp3) is 0.467. The van der Waals surface area contributed by atoms with Gasteiger partial charge in [-0.3, -0.25) is 9.59 Å². The predicted molar refractivity (Wildman–Crippen MR) is 81.5 cm³/mol. The van der Waals surface area contributed by atoms with Gasteiger partial charge in [0.2, 0.25) is 5.91 Å². The molecule has 2 amide bonds. The summed E-state index contributed by atoms with van der Waals surface area (Å²) in [6, 6.07) is 6.87. The molecule has 0 spiro atoms. The Morgan fingerprint density at radius 3 is 2.33 bits per heavy atom. The van der Waals surface area contributed by atoms with Crippen LogP contribution in [-0.4, -0.2) is 45.6 Å². The Morgan fingerprint density at radius 1 is 1.05 bits per heavy atom. The molecule has 0 aliphatic rings. The summed E-state index contributed by atoms with van der Waals surface area (Å²) in [6.45, 7) is 1.66. The monoisotopic (exact) mass is 293 g/mol. The van der Waals surface area contributed by atoms with Crippen LogP contribution in [0.3, 0.4) is 0 Å². The number of carbonyl (C=O) groups excluding carboxylic acids is 2. The first kappa shape index (κ1) is 17.0. The van der Waals surface area contributed by atoms with E-state index < -0.39 is 0 Å². The van der Waals surface area contributed by atoms with Crippen LogP contribution in [0, 0.1) is 0 Å². The number of hydrogen-bond donors (Lipinski definition) is 3. The highest BCUT2D eigenvalue weighted by Gasteiger charge is 2.05. The molecule has 0 fully saturated rings. The molecule has 0 aliphatic carbocycles. The molecule has 0 saturated heterocycles. The normalized spacial score (nSPS) is 10.0. The van der Waals surface area contributed by atoms with Crippen LogP contribution >= 0.6 is 0 Å². The second kappa shape index (κ2) is 9.77. The van der Waals surface area contributed by atoms with Gasteiger partial charge >= 0.3 is 0 Å². The molecule has 0 aliphatic heterocycles. The zero-order valence-corrected chi connectivity index (χ0v) is 12.6. The molecule has 0 atom stereocenters. The largest absolute Gasteiger partial charge is 0.497 e. The van der Waals surface area contributed by atoms with E-state index >= 15 is 0 Å². The number of nitrogens with one attached hydrogen (secondary N) is 3. The first-order chi connectivity index (χ1) is 10.2. The summed E-state index contributed by atoms with van der Waals surface area (Å²) < 4.78 is 5.03. The molecule has 0 saturated carbocycles. The Labute approximate surface area is 125 Å². The van der Waals surface area contributed by atoms with Gasteiger partial charge in [0.15, 0.2) is 0 Å². The zero-order chi connectivity index (χ0) is 15.5. The van der Waals surface area contributed by atoms with Crippen molar-refractivity contribution in [2.75, 3.05) is 33.8 Å². The third-order valence-electron chi connectivity index (χ3n) is 2.92. The first-order valence-corrected chi connectivity index (χ1v) is 7.01. The maximum Gasteiger partial charge on any atom is 0.251 e. The molecule has 6 heteroatoms. The van der Waals surface area contributed by atoms with Crippen LogP contribution in [0.1, 0.15) is 23.2 Å². The van der Waals surface area contributed by atoms with E-state index in [2.05, 4.69) is 16.0 Å². The molecule has 0 heterocycles. The van der Waals surface area contributed by atoms with Gasteiger partial charge in [0.25, 0.3) is 5.91 Å². The fourth-order valence-electron chi connectivity index (χ4n) is 1.74. The van der Waals surface area contributed by atoms with Crippen LogP contribution in [0.15, 0.2) is 24.3 Å². The topological polar surface area (TPSA) is 79.5 Å². The lowest BCUT2D eigenvalue weighted by Gasteiger charge is -2.07. The number of amides is 2. The summed E-state index contributed by atoms with van der Waals surface area (Å²) in [5, 5.41) is 8.50. The van der Waals surface area contributed by atoms with Gasteiger partial charge in [-0.15, -0.1) is 0 Å². The third-order valence-corrected chi connectivity index (χ3v) is 2.92. The Balaban J connectivity index is 2.19. The molecule has 1 aromatic carbocycles. The molecule has 0 aromatic heterocycles. The van der Waals surface area contributed by atoms with Gasteiger partial charge in [0, 0.05) is 25.1 Å². The molecular formula is C15H23N3O3. The van der Waals surface area contributed by atoms with E-state index in [1.54, 1.807) is 31.4 Å². The molecule has 0 radical (unpaired) electrons. The number of ether oxygens (including phenoxy) is 1. The van der Waals surface area contributed by atoms with Crippen molar-refractivity contribution in [3.8, 4) is 5.75 Å². The van der Waals surface area contributed by atoms with Crippen LogP contribution in [0.2, 0.25) is 0 Å². The number of hydrogen-bond acceptors (Lipinski definition) is 4. The third kappa shape index (κ3) is 6.76. The highest BCUT2D eigenvalue weighted by molar-refractivity contribution is 5.94. The average molecular weight is 293 g/mol. The summed E-state index contributed by atoms with van der Waals surface area (Å²) in [5.74, 6) is 0.548. The van der Waals surface area contributed by atoms with Crippen molar-refractivity contribution in [2.45, 2.75) is 12.8 Å². The van der Waals surface area contributed by atoms with Gasteiger partial charge in [-0.05, 0) is 44.3 Å². The van der Waals surface area contributed by atoms with Gasteiger partial charge < -0.3 is 20.7 Å². The minimum Gasteiger partial charge on any atom is -0.497 e. The van der Waals surface area contributed by atoms with Crippen LogP contribution in [0.25, 0.3) is 0 Å². The van der Waals surface area contributed by atoms with Gasteiger partial charge in [0.1, 0.15) is 5.75 Å². The lowest BCUT2D eigenvalue weighted by molar-refractivity contribution is -0.121. The van der Waals surface area contributed by atoms with Gasteiger partial charge in [-0.1, -0.05) is 0 Å². The minimum atomic E-state index is -0.165. The molecule has 1 aromatic rings. The molecule has 3 N–H and O–H groups in total. The second-order valence-corrected chi connectivity index (χ2v) is 4.54. The summed E-state index contributed by atoms with van der Waals surface area (Å²) in [7, 11) is 3.43. The van der Waals surface area contributed by atoms with Crippen molar-refractivity contribution in [3.63, 3.8) is 0 Å². The van der Waals surface area contributed by atoms with E-state index in [1.807, 2.05) is 7.05 Å². The van der Waals surface area contributed by atoms with Gasteiger partial charge in [0.05, 0.1) is 7.11 Å². The van der Waals surface area contributed by atoms with E-state index in [9.17, 15) is 9.59 Å². The standard InChI is InChI=1S/C15H23N3O3/c1-16-9-3-4-14(19)17-10-11-18-15(20)12-5-7-13(21-2)8-6-12/h5-8,16H,3-4,9-11H2,1-2H3,(H,17,19)(H,18,20). The number of carbonyl (C=O) groups is 2. The van der Waals surface area contributed by atoms with E-state index in [1.165, 1.54) is 0 Å². The van der Waals surface area contributed by atoms with Crippen molar-refractivity contribution in [1.29, 1.82) is 0 Å². The summed E-state index contributed by atoms with van der Waals surface area (Å²) in [5.41, 5.74) is 0.566. The number of benzene rings is 1. The molecule has 0 unspecified atom stereocenters. The summed E-state index contributed by atoms with van der Waals surface area (Å²) in [4.78, 5) is 23.3. The highest BCUT2D eigenvalue weighted by Crippen LogP contribution is 2.10. The van der Waals surface area contributed by atoms with Crippen LogP contribution in [0.4, 0.5) is 0 Å². The van der Waals surface area contributed by atoms with E-state index in [0.717, 1.165) is 13.0 Å². The maximum atomic E-state index is 11.8. The van der Waals surface area contributed by atoms with E-state index in [-0.39, 0.29) is 11.8 Å². The number of rotatable bonds is 9. The molecule has 1 rings (SSSR count). The zero-order valence-electron chi connectivity index (χ0n) is 12.6. The molecular weight excluding hydrogens is 270 g/mol. The first-order valence-electron chi connectivity index (χ1n) is 7.01.